The van der Waals surface area contributed by atoms with E-state index in [0.717, 1.165) is 36.5 Å². The van der Waals surface area contributed by atoms with Crippen molar-refractivity contribution in [3.63, 3.8) is 0 Å². The van der Waals surface area contributed by atoms with Crippen molar-refractivity contribution in [1.82, 2.24) is 9.88 Å². The van der Waals surface area contributed by atoms with Gasteiger partial charge in [-0.05, 0) is 46.3 Å². The van der Waals surface area contributed by atoms with Crippen molar-refractivity contribution in [2.75, 3.05) is 50.1 Å². The third-order valence-corrected chi connectivity index (χ3v) is 4.98. The molecule has 0 unspecified atom stereocenters. The Labute approximate surface area is 166 Å². The Kier molecular flexibility index (Phi) is 6.34. The fourth-order valence-electron chi connectivity index (χ4n) is 2.84. The highest BCUT2D eigenvalue weighted by Crippen LogP contribution is 2.27. The quantitative estimate of drug-likeness (QED) is 0.775. The third kappa shape index (κ3) is 4.87. The lowest BCUT2D eigenvalue weighted by Gasteiger charge is -2.35. The molecule has 0 atom stereocenters. The van der Waals surface area contributed by atoms with Gasteiger partial charge in [0.05, 0.1) is 18.7 Å². The maximum absolute atomic E-state index is 12.3. The molecular weight excluding hydrogens is 420 g/mol. The maximum Gasteiger partial charge on any atom is 0.238 e. The zero-order chi connectivity index (χ0) is 18.5. The van der Waals surface area contributed by atoms with Gasteiger partial charge in [0.25, 0.3) is 0 Å². The molecule has 0 saturated carbocycles. The molecule has 1 aliphatic rings. The topological polar surface area (TPSA) is 57.7 Å². The zero-order valence-electron chi connectivity index (χ0n) is 14.4. The van der Waals surface area contributed by atoms with Crippen molar-refractivity contribution < 1.29 is 9.53 Å². The second kappa shape index (κ2) is 8.70. The Bertz CT molecular complexity index is 764. The summed E-state index contributed by atoms with van der Waals surface area (Å²) in [7, 11) is 1.56. The number of rotatable bonds is 5. The first-order valence-corrected chi connectivity index (χ1v) is 9.44. The Balaban J connectivity index is 1.49. The maximum atomic E-state index is 12.3. The van der Waals surface area contributed by atoms with Crippen LogP contribution in [0.1, 0.15) is 0 Å². The van der Waals surface area contributed by atoms with Crippen molar-refractivity contribution >= 4 is 44.9 Å². The summed E-state index contributed by atoms with van der Waals surface area (Å²) in [6, 6.07) is 9.19. The van der Waals surface area contributed by atoms with Gasteiger partial charge in [-0.2, -0.15) is 0 Å². The Morgan fingerprint density at radius 1 is 1.27 bits per heavy atom. The van der Waals surface area contributed by atoms with E-state index in [1.54, 1.807) is 31.5 Å². The molecule has 1 N–H and O–H groups in total. The first kappa shape index (κ1) is 18.9. The summed E-state index contributed by atoms with van der Waals surface area (Å²) >= 11 is 9.48. The predicted octanol–water partition coefficient (Wildman–Crippen LogP) is 3.27. The molecule has 1 fully saturated rings. The van der Waals surface area contributed by atoms with Crippen LogP contribution >= 0.6 is 27.5 Å². The number of methoxy groups -OCH3 is 1. The lowest BCUT2D eigenvalue weighted by molar-refractivity contribution is -0.117. The summed E-state index contributed by atoms with van der Waals surface area (Å²) in [5.41, 5.74) is 0.665. The van der Waals surface area contributed by atoms with Crippen LogP contribution in [0.15, 0.2) is 41.0 Å². The van der Waals surface area contributed by atoms with E-state index in [9.17, 15) is 4.79 Å². The minimum atomic E-state index is -0.0542. The fourth-order valence-corrected chi connectivity index (χ4v) is 3.33. The molecule has 0 aliphatic carbocycles. The summed E-state index contributed by atoms with van der Waals surface area (Å²) in [6.45, 7) is 3.67. The van der Waals surface area contributed by atoms with Gasteiger partial charge in [-0.1, -0.05) is 11.6 Å². The zero-order valence-corrected chi connectivity index (χ0v) is 16.8. The van der Waals surface area contributed by atoms with Gasteiger partial charge in [0.15, 0.2) is 0 Å². The molecule has 138 valence electrons. The normalized spacial score (nSPS) is 15.0. The summed E-state index contributed by atoms with van der Waals surface area (Å²) in [5, 5.41) is 3.35. The summed E-state index contributed by atoms with van der Waals surface area (Å²) in [5.74, 6) is 1.49. The first-order valence-electron chi connectivity index (χ1n) is 8.27. The van der Waals surface area contributed by atoms with Crippen molar-refractivity contribution in [3.8, 4) is 5.75 Å². The van der Waals surface area contributed by atoms with Crippen molar-refractivity contribution in [2.45, 2.75) is 0 Å². The van der Waals surface area contributed by atoms with Gasteiger partial charge in [-0.3, -0.25) is 9.69 Å². The average molecular weight is 440 g/mol. The molecule has 0 spiro atoms. The minimum Gasteiger partial charge on any atom is -0.495 e. The lowest BCUT2D eigenvalue weighted by Crippen LogP contribution is -2.48. The average Bonchev–Trinajstić information content (AvgIpc) is 2.63. The van der Waals surface area contributed by atoms with Gasteiger partial charge in [0.1, 0.15) is 11.6 Å². The second-order valence-electron chi connectivity index (χ2n) is 6.00. The molecule has 0 bridgehead atoms. The monoisotopic (exact) mass is 438 g/mol. The highest BCUT2D eigenvalue weighted by molar-refractivity contribution is 9.10. The fraction of sp³-hybridized carbons (Fsp3) is 0.333. The van der Waals surface area contributed by atoms with E-state index in [-0.39, 0.29) is 5.91 Å². The highest BCUT2D eigenvalue weighted by atomic mass is 79.9. The third-order valence-electron chi connectivity index (χ3n) is 4.21. The predicted molar refractivity (Wildman–Crippen MR) is 107 cm³/mol. The van der Waals surface area contributed by atoms with E-state index >= 15 is 0 Å². The number of piperazine rings is 1. The number of pyridine rings is 1. The van der Waals surface area contributed by atoms with Crippen molar-refractivity contribution in [3.05, 3.63) is 46.0 Å². The summed E-state index contributed by atoms with van der Waals surface area (Å²) < 4.78 is 6.08. The molecule has 6 nitrogen and oxygen atoms in total. The number of nitrogens with one attached hydrogen (secondary N) is 1. The molecule has 1 saturated heterocycles. The van der Waals surface area contributed by atoms with E-state index in [0.29, 0.717) is 23.0 Å². The van der Waals surface area contributed by atoms with Crippen LogP contribution in [-0.2, 0) is 4.79 Å². The van der Waals surface area contributed by atoms with Crippen LogP contribution in [0.3, 0.4) is 0 Å². The Morgan fingerprint density at radius 3 is 2.65 bits per heavy atom. The highest BCUT2D eigenvalue weighted by Gasteiger charge is 2.20. The molecule has 8 heteroatoms. The van der Waals surface area contributed by atoms with Crippen LogP contribution in [0.2, 0.25) is 5.02 Å². The SMILES string of the molecule is COc1ccc(NC(=O)CN2CCN(c3ccc(Br)cn3)CC2)cc1Cl. The summed E-state index contributed by atoms with van der Waals surface area (Å²) in [4.78, 5) is 21.1. The van der Waals surface area contributed by atoms with Crippen LogP contribution in [0.25, 0.3) is 0 Å². The number of benzene rings is 1. The Hall–Kier alpha value is -1.83. The van der Waals surface area contributed by atoms with Gasteiger partial charge in [0, 0.05) is 42.5 Å². The molecule has 3 rings (SSSR count). The van der Waals surface area contributed by atoms with E-state index in [2.05, 4.69) is 36.0 Å². The molecule has 1 aliphatic heterocycles. The number of hydrogen-bond donors (Lipinski definition) is 1. The second-order valence-corrected chi connectivity index (χ2v) is 7.32. The number of halogens is 2. The standard InChI is InChI=1S/C18H20BrClN4O2/c1-26-16-4-3-14(10-15(16)20)22-18(25)12-23-6-8-24(9-7-23)17-5-2-13(19)11-21-17/h2-5,10-11H,6-9,12H2,1H3,(H,22,25). The first-order chi connectivity index (χ1) is 12.5. The largest absolute Gasteiger partial charge is 0.495 e. The molecule has 26 heavy (non-hydrogen) atoms. The van der Waals surface area contributed by atoms with Crippen LogP contribution in [0.5, 0.6) is 5.75 Å². The van der Waals surface area contributed by atoms with E-state index in [1.165, 1.54) is 0 Å². The van der Waals surface area contributed by atoms with Crippen molar-refractivity contribution in [1.29, 1.82) is 0 Å². The smallest absolute Gasteiger partial charge is 0.238 e. The van der Waals surface area contributed by atoms with Crippen LogP contribution < -0.4 is 15.0 Å². The van der Waals surface area contributed by atoms with E-state index < -0.39 is 0 Å². The number of ether oxygens (including phenoxy) is 1. The van der Waals surface area contributed by atoms with E-state index in [1.807, 2.05) is 12.1 Å². The number of carbonyl (C=O) groups is 1. The van der Waals surface area contributed by atoms with Crippen LogP contribution in [0, 0.1) is 0 Å². The van der Waals surface area contributed by atoms with Crippen molar-refractivity contribution in [2.24, 2.45) is 0 Å². The number of hydrogen-bond acceptors (Lipinski definition) is 5. The number of amides is 1. The number of nitrogens with zero attached hydrogens (tertiary/aromatic N) is 3. The van der Waals surface area contributed by atoms with Gasteiger partial charge in [-0.15, -0.1) is 0 Å². The lowest BCUT2D eigenvalue weighted by atomic mass is 10.2. The van der Waals surface area contributed by atoms with Crippen LogP contribution in [0.4, 0.5) is 11.5 Å². The number of anilines is 2. The van der Waals surface area contributed by atoms with E-state index in [4.69, 9.17) is 16.3 Å². The molecule has 0 radical (unpaired) electrons. The molecule has 2 aromatic rings. The van der Waals surface area contributed by atoms with Crippen LogP contribution in [-0.4, -0.2) is 55.6 Å². The molecular formula is C18H20BrClN4O2. The minimum absolute atomic E-state index is 0.0542. The number of aromatic nitrogens is 1. The molecule has 1 amide bonds. The molecule has 1 aromatic carbocycles. The van der Waals surface area contributed by atoms with Gasteiger partial charge >= 0.3 is 0 Å². The van der Waals surface area contributed by atoms with Gasteiger partial charge < -0.3 is 15.0 Å². The van der Waals surface area contributed by atoms with Gasteiger partial charge in [-0.25, -0.2) is 4.98 Å². The Morgan fingerprint density at radius 2 is 2.04 bits per heavy atom. The van der Waals surface area contributed by atoms with Gasteiger partial charge in [0.2, 0.25) is 5.91 Å². The number of carbonyl (C=O) groups excluding carboxylic acids is 1. The molecule has 1 aromatic heterocycles. The molecule has 2 heterocycles. The summed E-state index contributed by atoms with van der Waals surface area (Å²) in [6.07, 6.45) is 1.80.